The highest BCUT2D eigenvalue weighted by Gasteiger charge is 2.23. The van der Waals surface area contributed by atoms with Crippen molar-refractivity contribution >= 4 is 10.1 Å². The molecule has 1 aliphatic carbocycles. The van der Waals surface area contributed by atoms with Gasteiger partial charge in [-0.25, -0.2) is 4.39 Å². The van der Waals surface area contributed by atoms with E-state index in [4.69, 9.17) is 4.18 Å². The summed E-state index contributed by atoms with van der Waals surface area (Å²) in [6, 6.07) is 4.96. The van der Waals surface area contributed by atoms with E-state index in [-0.39, 0.29) is 18.3 Å². The van der Waals surface area contributed by atoms with Gasteiger partial charge in [0.25, 0.3) is 10.1 Å². The van der Waals surface area contributed by atoms with Crippen LogP contribution in [-0.2, 0) is 20.7 Å². The van der Waals surface area contributed by atoms with E-state index < -0.39 is 10.1 Å². The Morgan fingerprint density at radius 2 is 2.24 bits per heavy atom. The molecule has 5 heteroatoms. The lowest BCUT2D eigenvalue weighted by molar-refractivity contribution is 0.280. The van der Waals surface area contributed by atoms with Crippen LogP contribution in [0.5, 0.6) is 0 Å². The van der Waals surface area contributed by atoms with Crippen LogP contribution < -0.4 is 0 Å². The summed E-state index contributed by atoms with van der Waals surface area (Å²) >= 11 is 0. The topological polar surface area (TPSA) is 43.4 Å². The molecule has 0 fully saturated rings. The first kappa shape index (κ1) is 12.5. The highest BCUT2D eigenvalue weighted by molar-refractivity contribution is 7.85. The molecule has 2 rings (SSSR count). The van der Waals surface area contributed by atoms with Crippen LogP contribution in [-0.4, -0.2) is 21.3 Å². The van der Waals surface area contributed by atoms with E-state index in [1.54, 1.807) is 6.07 Å². The van der Waals surface area contributed by atoms with Crippen LogP contribution in [0.1, 0.15) is 29.9 Å². The molecule has 3 nitrogen and oxygen atoms in total. The fraction of sp³-hybridized carbons (Fsp3) is 0.500. The Kier molecular flexibility index (Phi) is 3.49. The van der Waals surface area contributed by atoms with Crippen LogP contribution in [0.4, 0.5) is 4.39 Å². The zero-order valence-electron chi connectivity index (χ0n) is 9.65. The van der Waals surface area contributed by atoms with Gasteiger partial charge in [0, 0.05) is 5.92 Å². The second-order valence-electron chi connectivity index (χ2n) is 4.39. The van der Waals surface area contributed by atoms with Crippen molar-refractivity contribution in [3.63, 3.8) is 0 Å². The molecule has 0 amide bonds. The van der Waals surface area contributed by atoms with E-state index in [1.165, 1.54) is 6.07 Å². The van der Waals surface area contributed by atoms with Gasteiger partial charge in [0.1, 0.15) is 5.82 Å². The Hall–Kier alpha value is -0.940. The van der Waals surface area contributed by atoms with E-state index in [9.17, 15) is 12.8 Å². The molecule has 94 valence electrons. The Balaban J connectivity index is 2.20. The number of hydrogen-bond donors (Lipinski definition) is 0. The van der Waals surface area contributed by atoms with Crippen LogP contribution in [0.25, 0.3) is 0 Å². The van der Waals surface area contributed by atoms with Crippen LogP contribution in [0.3, 0.4) is 0 Å². The minimum atomic E-state index is -3.43. The van der Waals surface area contributed by atoms with Crippen LogP contribution >= 0.6 is 0 Å². The molecule has 1 atom stereocenters. The fourth-order valence-corrected chi connectivity index (χ4v) is 2.69. The maximum absolute atomic E-state index is 13.6. The van der Waals surface area contributed by atoms with E-state index in [0.29, 0.717) is 5.56 Å². The number of rotatable bonds is 3. The molecule has 0 saturated carbocycles. The standard InChI is InChI=1S/C12H15FO3S/c1-17(14,15)16-8-9-4-2-6-11-10(9)5-3-7-12(11)13/h3,5,7,9H,2,4,6,8H2,1H3. The van der Waals surface area contributed by atoms with Gasteiger partial charge in [0.05, 0.1) is 12.9 Å². The van der Waals surface area contributed by atoms with Crippen LogP contribution in [0.15, 0.2) is 18.2 Å². The maximum atomic E-state index is 13.6. The summed E-state index contributed by atoms with van der Waals surface area (Å²) in [4.78, 5) is 0. The molecule has 0 bridgehead atoms. The number of halogens is 1. The van der Waals surface area contributed by atoms with Crippen molar-refractivity contribution in [3.05, 3.63) is 35.1 Å². The summed E-state index contributed by atoms with van der Waals surface area (Å²) in [7, 11) is -3.43. The Morgan fingerprint density at radius 1 is 1.47 bits per heavy atom. The maximum Gasteiger partial charge on any atom is 0.264 e. The molecular formula is C12H15FO3S. The number of hydrogen-bond acceptors (Lipinski definition) is 3. The highest BCUT2D eigenvalue weighted by atomic mass is 32.2. The lowest BCUT2D eigenvalue weighted by Gasteiger charge is -2.25. The lowest BCUT2D eigenvalue weighted by atomic mass is 9.83. The van der Waals surface area contributed by atoms with Gasteiger partial charge in [-0.15, -0.1) is 0 Å². The van der Waals surface area contributed by atoms with Gasteiger partial charge in [0.15, 0.2) is 0 Å². The molecule has 1 aromatic rings. The second-order valence-corrected chi connectivity index (χ2v) is 6.03. The van der Waals surface area contributed by atoms with Gasteiger partial charge in [-0.1, -0.05) is 12.1 Å². The second kappa shape index (κ2) is 4.74. The Bertz CT molecular complexity index is 510. The Labute approximate surface area is 101 Å². The molecule has 17 heavy (non-hydrogen) atoms. The first-order chi connectivity index (χ1) is 7.97. The zero-order chi connectivity index (χ0) is 12.5. The van der Waals surface area contributed by atoms with E-state index in [1.807, 2.05) is 6.07 Å². The minimum absolute atomic E-state index is 0.0239. The van der Waals surface area contributed by atoms with Crippen molar-refractivity contribution in [2.75, 3.05) is 12.9 Å². The first-order valence-electron chi connectivity index (χ1n) is 5.59. The molecule has 0 heterocycles. The normalized spacial score (nSPS) is 20.0. The summed E-state index contributed by atoms with van der Waals surface area (Å²) in [5, 5.41) is 0. The van der Waals surface area contributed by atoms with Crippen molar-refractivity contribution in [1.29, 1.82) is 0 Å². The summed E-state index contributed by atoms with van der Waals surface area (Å²) in [5.41, 5.74) is 1.60. The quantitative estimate of drug-likeness (QED) is 0.781. The van der Waals surface area contributed by atoms with Crippen molar-refractivity contribution in [2.45, 2.75) is 25.2 Å². The van der Waals surface area contributed by atoms with Gasteiger partial charge in [0.2, 0.25) is 0 Å². The van der Waals surface area contributed by atoms with Crippen molar-refractivity contribution in [2.24, 2.45) is 0 Å². The molecule has 1 unspecified atom stereocenters. The molecule has 0 N–H and O–H groups in total. The molecule has 0 saturated heterocycles. The summed E-state index contributed by atoms with van der Waals surface area (Å²) in [5.74, 6) is -0.226. The van der Waals surface area contributed by atoms with E-state index in [2.05, 4.69) is 0 Å². The average molecular weight is 258 g/mol. The number of benzene rings is 1. The molecule has 0 spiro atoms. The molecule has 1 aliphatic rings. The summed E-state index contributed by atoms with van der Waals surface area (Å²) in [6.45, 7) is 0.106. The molecule has 1 aromatic carbocycles. The third-order valence-electron chi connectivity index (χ3n) is 3.06. The van der Waals surface area contributed by atoms with E-state index >= 15 is 0 Å². The Morgan fingerprint density at radius 3 is 2.94 bits per heavy atom. The predicted octanol–water partition coefficient (Wildman–Crippen LogP) is 2.22. The fourth-order valence-electron chi connectivity index (χ4n) is 2.28. The summed E-state index contributed by atoms with van der Waals surface area (Å²) < 4.78 is 40.3. The molecule has 0 aliphatic heterocycles. The number of fused-ring (bicyclic) bond motifs is 1. The first-order valence-corrected chi connectivity index (χ1v) is 7.41. The van der Waals surface area contributed by atoms with E-state index in [0.717, 1.165) is 31.1 Å². The van der Waals surface area contributed by atoms with Gasteiger partial charge in [-0.05, 0) is 36.5 Å². The average Bonchev–Trinajstić information content (AvgIpc) is 2.26. The smallest absolute Gasteiger partial charge is 0.264 e. The molecule has 0 aromatic heterocycles. The predicted molar refractivity (Wildman–Crippen MR) is 62.9 cm³/mol. The van der Waals surface area contributed by atoms with Crippen molar-refractivity contribution in [1.82, 2.24) is 0 Å². The largest absolute Gasteiger partial charge is 0.270 e. The van der Waals surface area contributed by atoms with Crippen molar-refractivity contribution < 1.29 is 17.0 Å². The van der Waals surface area contributed by atoms with Gasteiger partial charge >= 0.3 is 0 Å². The monoisotopic (exact) mass is 258 g/mol. The third-order valence-corrected chi connectivity index (χ3v) is 3.62. The van der Waals surface area contributed by atoms with Gasteiger partial charge < -0.3 is 0 Å². The van der Waals surface area contributed by atoms with Gasteiger partial charge in [-0.3, -0.25) is 4.18 Å². The summed E-state index contributed by atoms with van der Waals surface area (Å²) in [6.07, 6.45) is 3.46. The highest BCUT2D eigenvalue weighted by Crippen LogP contribution is 2.33. The molecular weight excluding hydrogens is 243 g/mol. The SMILES string of the molecule is CS(=O)(=O)OCC1CCCc2c(F)cccc21. The van der Waals surface area contributed by atoms with Crippen LogP contribution in [0.2, 0.25) is 0 Å². The third kappa shape index (κ3) is 3.04. The minimum Gasteiger partial charge on any atom is -0.270 e. The van der Waals surface area contributed by atoms with Crippen molar-refractivity contribution in [3.8, 4) is 0 Å². The lowest BCUT2D eigenvalue weighted by Crippen LogP contribution is -2.18. The van der Waals surface area contributed by atoms with Crippen LogP contribution in [0, 0.1) is 5.82 Å². The zero-order valence-corrected chi connectivity index (χ0v) is 10.5. The molecule has 0 radical (unpaired) electrons. The van der Waals surface area contributed by atoms with Gasteiger partial charge in [-0.2, -0.15) is 8.42 Å².